The van der Waals surface area contributed by atoms with Crippen LogP contribution in [0.25, 0.3) is 0 Å². The maximum atomic E-state index is 12.5. The second-order valence-electron chi connectivity index (χ2n) is 6.38. The van der Waals surface area contributed by atoms with Crippen LogP contribution in [0.2, 0.25) is 0 Å². The zero-order valence-corrected chi connectivity index (χ0v) is 15.1. The number of hydrogen-bond donors (Lipinski definition) is 2. The van der Waals surface area contributed by atoms with Crippen LogP contribution in [0.1, 0.15) is 29.5 Å². The lowest BCUT2D eigenvalue weighted by Crippen LogP contribution is -2.38. The van der Waals surface area contributed by atoms with Gasteiger partial charge in [-0.15, -0.1) is 0 Å². The van der Waals surface area contributed by atoms with E-state index in [1.807, 2.05) is 30.3 Å². The van der Waals surface area contributed by atoms with Gasteiger partial charge in [0, 0.05) is 24.1 Å². The van der Waals surface area contributed by atoms with Gasteiger partial charge in [-0.1, -0.05) is 42.5 Å². The first-order chi connectivity index (χ1) is 12.9. The van der Waals surface area contributed by atoms with Gasteiger partial charge in [-0.3, -0.25) is 19.7 Å². The number of nitrogens with zero attached hydrogens (tertiary/aromatic N) is 1. The molecule has 0 fully saturated rings. The van der Waals surface area contributed by atoms with Crippen molar-refractivity contribution >= 4 is 17.6 Å². The lowest BCUT2D eigenvalue weighted by atomic mass is 10.00. The predicted octanol–water partition coefficient (Wildman–Crippen LogP) is 3.04. The molecule has 0 aliphatic rings. The lowest BCUT2D eigenvalue weighted by Gasteiger charge is -2.18. The summed E-state index contributed by atoms with van der Waals surface area (Å²) in [4.78, 5) is 33.9. The third-order valence-corrected chi connectivity index (χ3v) is 4.36. The van der Waals surface area contributed by atoms with Crippen LogP contribution < -0.4 is 5.32 Å². The largest absolute Gasteiger partial charge is 0.481 e. The van der Waals surface area contributed by atoms with E-state index in [0.29, 0.717) is 24.0 Å². The van der Waals surface area contributed by atoms with Crippen molar-refractivity contribution in [2.24, 2.45) is 0 Å². The number of hydrogen-bond acceptors (Lipinski definition) is 4. The van der Waals surface area contributed by atoms with E-state index in [0.717, 1.165) is 5.56 Å². The first kappa shape index (κ1) is 20.1. The van der Waals surface area contributed by atoms with E-state index in [4.69, 9.17) is 5.11 Å². The molecule has 1 unspecified atom stereocenters. The molecule has 142 valence electrons. The zero-order valence-electron chi connectivity index (χ0n) is 15.1. The van der Waals surface area contributed by atoms with Crippen LogP contribution in [0.5, 0.6) is 0 Å². The van der Waals surface area contributed by atoms with Crippen molar-refractivity contribution in [3.8, 4) is 0 Å². The Hall–Kier alpha value is -3.22. The van der Waals surface area contributed by atoms with Crippen molar-refractivity contribution in [3.05, 3.63) is 75.3 Å². The van der Waals surface area contributed by atoms with Crippen molar-refractivity contribution < 1.29 is 19.6 Å². The summed E-state index contributed by atoms with van der Waals surface area (Å²) in [6, 6.07) is 13.8. The number of benzene rings is 2. The molecule has 1 amide bonds. The molecule has 1 atom stereocenters. The molecule has 0 aliphatic carbocycles. The molecule has 2 rings (SSSR count). The van der Waals surface area contributed by atoms with Crippen LogP contribution in [0, 0.1) is 17.0 Å². The van der Waals surface area contributed by atoms with Crippen LogP contribution >= 0.6 is 0 Å². The highest BCUT2D eigenvalue weighted by Gasteiger charge is 2.18. The first-order valence-electron chi connectivity index (χ1n) is 8.64. The minimum Gasteiger partial charge on any atom is -0.481 e. The van der Waals surface area contributed by atoms with Gasteiger partial charge in [-0.05, 0) is 30.9 Å². The zero-order chi connectivity index (χ0) is 19.8. The van der Waals surface area contributed by atoms with E-state index in [1.54, 1.807) is 19.1 Å². The fourth-order valence-corrected chi connectivity index (χ4v) is 2.93. The number of carbonyl (C=O) groups is 2. The van der Waals surface area contributed by atoms with E-state index >= 15 is 0 Å². The Morgan fingerprint density at radius 2 is 1.85 bits per heavy atom. The van der Waals surface area contributed by atoms with Gasteiger partial charge in [0.2, 0.25) is 5.91 Å². The van der Waals surface area contributed by atoms with Crippen LogP contribution in [0.3, 0.4) is 0 Å². The van der Waals surface area contributed by atoms with Crippen LogP contribution in [0.15, 0.2) is 48.5 Å². The molecule has 0 saturated carbocycles. The van der Waals surface area contributed by atoms with E-state index in [9.17, 15) is 19.7 Å². The summed E-state index contributed by atoms with van der Waals surface area (Å²) in [5.74, 6) is -1.21. The van der Waals surface area contributed by atoms with E-state index in [2.05, 4.69) is 5.32 Å². The van der Waals surface area contributed by atoms with Gasteiger partial charge in [0.25, 0.3) is 5.69 Å². The number of nitro benzene ring substituents is 1. The molecule has 0 aromatic heterocycles. The molecule has 7 nitrogen and oxygen atoms in total. The van der Waals surface area contributed by atoms with Gasteiger partial charge in [-0.2, -0.15) is 0 Å². The third kappa shape index (κ3) is 6.22. The first-order valence-corrected chi connectivity index (χ1v) is 8.64. The summed E-state index contributed by atoms with van der Waals surface area (Å²) in [5, 5.41) is 22.9. The highest BCUT2D eigenvalue weighted by molar-refractivity contribution is 5.79. The number of amides is 1. The number of rotatable bonds is 9. The molecule has 0 spiro atoms. The normalized spacial score (nSPS) is 11.6. The molecule has 2 aromatic rings. The monoisotopic (exact) mass is 370 g/mol. The molecule has 0 bridgehead atoms. The lowest BCUT2D eigenvalue weighted by molar-refractivity contribution is -0.385. The maximum absolute atomic E-state index is 12.5. The summed E-state index contributed by atoms with van der Waals surface area (Å²) < 4.78 is 0. The average Bonchev–Trinajstić information content (AvgIpc) is 2.62. The van der Waals surface area contributed by atoms with Gasteiger partial charge < -0.3 is 10.4 Å². The number of nitro groups is 1. The standard InChI is InChI=1S/C20H22N2O5/c1-14-16(8-5-9-18(14)22(26)27)13-19(23)21-17(10-11-20(24)25)12-15-6-3-2-4-7-15/h2-9,17H,10-13H2,1H3,(H,21,23)(H,24,25). The van der Waals surface area contributed by atoms with Crippen molar-refractivity contribution in [2.45, 2.75) is 38.6 Å². The molecular weight excluding hydrogens is 348 g/mol. The smallest absolute Gasteiger partial charge is 0.303 e. The minimum atomic E-state index is -0.920. The molecular formula is C20H22N2O5. The summed E-state index contributed by atoms with van der Waals surface area (Å²) in [5.41, 5.74) is 2.02. The molecule has 2 aromatic carbocycles. The molecule has 0 aliphatic heterocycles. The summed E-state index contributed by atoms with van der Waals surface area (Å²) >= 11 is 0. The Bertz CT molecular complexity index is 820. The van der Waals surface area contributed by atoms with Crippen LogP contribution in [-0.4, -0.2) is 27.9 Å². The fraction of sp³-hybridized carbons (Fsp3) is 0.300. The van der Waals surface area contributed by atoms with Gasteiger partial charge in [0.05, 0.1) is 11.3 Å². The second kappa shape index (κ2) is 9.47. The quantitative estimate of drug-likeness (QED) is 0.521. The van der Waals surface area contributed by atoms with Crippen LogP contribution in [0.4, 0.5) is 5.69 Å². The Labute approximate surface area is 157 Å². The summed E-state index contributed by atoms with van der Waals surface area (Å²) in [7, 11) is 0. The van der Waals surface area contributed by atoms with E-state index in [1.165, 1.54) is 6.07 Å². The number of carboxylic acid groups (broad SMARTS) is 1. The van der Waals surface area contributed by atoms with Gasteiger partial charge in [-0.25, -0.2) is 0 Å². The predicted molar refractivity (Wildman–Crippen MR) is 100 cm³/mol. The Morgan fingerprint density at radius 1 is 1.15 bits per heavy atom. The number of aliphatic carboxylic acids is 1. The van der Waals surface area contributed by atoms with Gasteiger partial charge >= 0.3 is 5.97 Å². The van der Waals surface area contributed by atoms with Crippen molar-refractivity contribution in [1.29, 1.82) is 0 Å². The summed E-state index contributed by atoms with van der Waals surface area (Å²) in [6.07, 6.45) is 0.789. The molecule has 2 N–H and O–H groups in total. The Balaban J connectivity index is 2.07. The SMILES string of the molecule is Cc1c(CC(=O)NC(CCC(=O)O)Cc2ccccc2)cccc1[N+](=O)[O-]. The molecule has 0 radical (unpaired) electrons. The fourth-order valence-electron chi connectivity index (χ4n) is 2.93. The minimum absolute atomic E-state index is 0.00583. The highest BCUT2D eigenvalue weighted by Crippen LogP contribution is 2.21. The third-order valence-electron chi connectivity index (χ3n) is 4.36. The number of nitrogens with one attached hydrogen (secondary N) is 1. The number of carbonyl (C=O) groups excluding carboxylic acids is 1. The van der Waals surface area contributed by atoms with Gasteiger partial charge in [0.1, 0.15) is 0 Å². The van der Waals surface area contributed by atoms with Crippen molar-refractivity contribution in [2.75, 3.05) is 0 Å². The maximum Gasteiger partial charge on any atom is 0.303 e. The molecule has 0 saturated heterocycles. The van der Waals surface area contributed by atoms with E-state index in [-0.39, 0.29) is 30.5 Å². The molecule has 0 heterocycles. The topological polar surface area (TPSA) is 110 Å². The number of carboxylic acids is 1. The van der Waals surface area contributed by atoms with Crippen LogP contribution in [-0.2, 0) is 22.4 Å². The Kier molecular flexibility index (Phi) is 7.05. The van der Waals surface area contributed by atoms with Gasteiger partial charge in [0.15, 0.2) is 0 Å². The average molecular weight is 370 g/mol. The Morgan fingerprint density at radius 3 is 2.48 bits per heavy atom. The molecule has 27 heavy (non-hydrogen) atoms. The van der Waals surface area contributed by atoms with E-state index < -0.39 is 10.9 Å². The van der Waals surface area contributed by atoms with Crippen molar-refractivity contribution in [1.82, 2.24) is 5.32 Å². The second-order valence-corrected chi connectivity index (χ2v) is 6.38. The highest BCUT2D eigenvalue weighted by atomic mass is 16.6. The molecule has 7 heteroatoms. The summed E-state index contributed by atoms with van der Waals surface area (Å²) in [6.45, 7) is 1.62. The van der Waals surface area contributed by atoms with Crippen molar-refractivity contribution in [3.63, 3.8) is 0 Å².